The van der Waals surface area contributed by atoms with Crippen molar-refractivity contribution >= 4 is 17.5 Å². The van der Waals surface area contributed by atoms with Gasteiger partial charge in [0.1, 0.15) is 0 Å². The average molecular weight is 340 g/mol. The van der Waals surface area contributed by atoms with E-state index in [0.29, 0.717) is 24.3 Å². The summed E-state index contributed by atoms with van der Waals surface area (Å²) in [5, 5.41) is 2.74. The number of ether oxygens (including phenoxy) is 1. The quantitative estimate of drug-likeness (QED) is 0.860. The summed E-state index contributed by atoms with van der Waals surface area (Å²) in [6, 6.07) is 7.18. The zero-order valence-corrected chi connectivity index (χ0v) is 14.4. The van der Waals surface area contributed by atoms with Crippen molar-refractivity contribution in [1.29, 1.82) is 0 Å². The Bertz CT molecular complexity index is 697. The lowest BCUT2D eigenvalue weighted by atomic mass is 9.72. The fourth-order valence-electron chi connectivity index (χ4n) is 4.21. The van der Waals surface area contributed by atoms with E-state index in [0.717, 1.165) is 25.7 Å². The highest BCUT2D eigenvalue weighted by Crippen LogP contribution is 2.49. The molecule has 132 valence electrons. The van der Waals surface area contributed by atoms with Gasteiger partial charge in [0.15, 0.2) is 0 Å². The van der Waals surface area contributed by atoms with Crippen molar-refractivity contribution in [2.75, 3.05) is 18.4 Å². The Kier molecular flexibility index (Phi) is 3.91. The van der Waals surface area contributed by atoms with Crippen LogP contribution in [0.4, 0.5) is 5.69 Å². The standard InChI is InChI=1S/C20H24N2O3/c1-2-17(23)21-16-8-4-3-7-15(16)18(24)22-13-19(9-5-10-19)25-20(14-22)11-6-12-20/h2-4,7-8H,1,5-6,9-14H2,(H,21,23). The molecule has 3 aliphatic rings. The van der Waals surface area contributed by atoms with Gasteiger partial charge in [-0.25, -0.2) is 0 Å². The van der Waals surface area contributed by atoms with Crippen LogP contribution in [0.3, 0.4) is 0 Å². The van der Waals surface area contributed by atoms with Gasteiger partial charge in [0.2, 0.25) is 5.91 Å². The molecule has 1 N–H and O–H groups in total. The van der Waals surface area contributed by atoms with E-state index >= 15 is 0 Å². The second-order valence-electron chi connectivity index (χ2n) is 7.58. The summed E-state index contributed by atoms with van der Waals surface area (Å²) >= 11 is 0. The second-order valence-corrected chi connectivity index (χ2v) is 7.58. The number of benzene rings is 1. The molecule has 5 heteroatoms. The van der Waals surface area contributed by atoms with E-state index in [4.69, 9.17) is 4.74 Å². The molecule has 1 aliphatic heterocycles. The Balaban J connectivity index is 1.60. The molecule has 4 rings (SSSR count). The molecule has 0 unspecified atom stereocenters. The maximum Gasteiger partial charge on any atom is 0.256 e. The highest BCUT2D eigenvalue weighted by Gasteiger charge is 2.54. The zero-order valence-electron chi connectivity index (χ0n) is 14.4. The number of para-hydroxylation sites is 1. The minimum Gasteiger partial charge on any atom is -0.365 e. The van der Waals surface area contributed by atoms with E-state index in [1.807, 2.05) is 17.0 Å². The minimum absolute atomic E-state index is 0.0270. The van der Waals surface area contributed by atoms with Crippen LogP contribution >= 0.6 is 0 Å². The molecule has 2 amide bonds. The summed E-state index contributed by atoms with van der Waals surface area (Å²) < 4.78 is 6.48. The molecule has 1 heterocycles. The number of morpholine rings is 1. The van der Waals surface area contributed by atoms with E-state index in [-0.39, 0.29) is 23.0 Å². The molecule has 25 heavy (non-hydrogen) atoms. The monoisotopic (exact) mass is 340 g/mol. The van der Waals surface area contributed by atoms with Crippen LogP contribution in [0.25, 0.3) is 0 Å². The first-order valence-corrected chi connectivity index (χ1v) is 9.07. The maximum atomic E-state index is 13.2. The normalized spacial score (nSPS) is 22.8. The number of hydrogen-bond acceptors (Lipinski definition) is 3. The molecule has 1 aromatic rings. The van der Waals surface area contributed by atoms with Crippen molar-refractivity contribution in [3.8, 4) is 0 Å². The van der Waals surface area contributed by atoms with Gasteiger partial charge in [-0.2, -0.15) is 0 Å². The summed E-state index contributed by atoms with van der Waals surface area (Å²) in [5.74, 6) is -0.339. The van der Waals surface area contributed by atoms with E-state index in [1.54, 1.807) is 12.1 Å². The van der Waals surface area contributed by atoms with Crippen LogP contribution in [0.1, 0.15) is 48.9 Å². The molecule has 1 saturated heterocycles. The largest absolute Gasteiger partial charge is 0.365 e. The number of carbonyl (C=O) groups is 2. The molecule has 0 bridgehead atoms. The van der Waals surface area contributed by atoms with Gasteiger partial charge in [-0.3, -0.25) is 9.59 Å². The Hall–Kier alpha value is -2.14. The van der Waals surface area contributed by atoms with Gasteiger partial charge in [-0.15, -0.1) is 0 Å². The van der Waals surface area contributed by atoms with Crippen LogP contribution in [-0.4, -0.2) is 41.0 Å². The number of carbonyl (C=O) groups excluding carboxylic acids is 2. The van der Waals surface area contributed by atoms with E-state index in [9.17, 15) is 9.59 Å². The first kappa shape index (κ1) is 16.3. The third kappa shape index (κ3) is 2.86. The predicted octanol–water partition coefficient (Wildman–Crippen LogP) is 3.13. The average Bonchev–Trinajstić information content (AvgIpc) is 2.58. The molecule has 2 saturated carbocycles. The molecule has 1 aromatic carbocycles. The SMILES string of the molecule is C=CC(=O)Nc1ccccc1C(=O)N1CC2(CCC2)OC2(CCC2)C1. The Labute approximate surface area is 148 Å². The number of nitrogens with zero attached hydrogens (tertiary/aromatic N) is 1. The Morgan fingerprint density at radius 3 is 2.20 bits per heavy atom. The Morgan fingerprint density at radius 1 is 1.08 bits per heavy atom. The van der Waals surface area contributed by atoms with Crippen molar-refractivity contribution in [3.05, 3.63) is 42.5 Å². The van der Waals surface area contributed by atoms with Crippen LogP contribution in [0.2, 0.25) is 0 Å². The first-order valence-electron chi connectivity index (χ1n) is 9.07. The minimum atomic E-state index is -0.312. The fraction of sp³-hybridized carbons (Fsp3) is 0.500. The predicted molar refractivity (Wildman–Crippen MR) is 95.4 cm³/mol. The second kappa shape index (κ2) is 5.99. The fourth-order valence-corrected chi connectivity index (χ4v) is 4.21. The van der Waals surface area contributed by atoms with Gasteiger partial charge in [-0.05, 0) is 56.7 Å². The van der Waals surface area contributed by atoms with Gasteiger partial charge in [0, 0.05) is 0 Å². The highest BCUT2D eigenvalue weighted by molar-refractivity contribution is 6.06. The maximum absolute atomic E-state index is 13.2. The summed E-state index contributed by atoms with van der Waals surface area (Å²) in [6.07, 6.45) is 7.69. The molecule has 5 nitrogen and oxygen atoms in total. The third-order valence-electron chi connectivity index (χ3n) is 5.81. The van der Waals surface area contributed by atoms with Gasteiger partial charge in [0.05, 0.1) is 35.5 Å². The smallest absolute Gasteiger partial charge is 0.256 e. The summed E-state index contributed by atoms with van der Waals surface area (Å²) in [6.45, 7) is 4.77. The molecule has 0 aromatic heterocycles. The van der Waals surface area contributed by atoms with Crippen LogP contribution in [0, 0.1) is 0 Å². The van der Waals surface area contributed by atoms with Crippen LogP contribution in [0.5, 0.6) is 0 Å². The first-order chi connectivity index (χ1) is 12.0. The molecular formula is C20H24N2O3. The third-order valence-corrected chi connectivity index (χ3v) is 5.81. The van der Waals surface area contributed by atoms with Gasteiger partial charge in [-0.1, -0.05) is 18.7 Å². The van der Waals surface area contributed by atoms with Crippen molar-refractivity contribution in [3.63, 3.8) is 0 Å². The molecule has 2 aliphatic carbocycles. The van der Waals surface area contributed by atoms with Crippen LogP contribution in [0.15, 0.2) is 36.9 Å². The van der Waals surface area contributed by atoms with Gasteiger partial charge >= 0.3 is 0 Å². The van der Waals surface area contributed by atoms with Gasteiger partial charge < -0.3 is 15.0 Å². The molecule has 2 spiro atoms. The molecule has 3 fully saturated rings. The van der Waals surface area contributed by atoms with Crippen molar-refractivity contribution in [2.45, 2.75) is 49.7 Å². The van der Waals surface area contributed by atoms with Crippen LogP contribution in [-0.2, 0) is 9.53 Å². The van der Waals surface area contributed by atoms with E-state index < -0.39 is 0 Å². The van der Waals surface area contributed by atoms with E-state index in [2.05, 4.69) is 11.9 Å². The lowest BCUT2D eigenvalue weighted by Crippen LogP contribution is -2.67. The number of amides is 2. The number of hydrogen-bond donors (Lipinski definition) is 1. The topological polar surface area (TPSA) is 58.6 Å². The summed E-state index contributed by atoms with van der Waals surface area (Å²) in [7, 11) is 0. The Morgan fingerprint density at radius 2 is 1.68 bits per heavy atom. The zero-order chi connectivity index (χ0) is 17.5. The van der Waals surface area contributed by atoms with Crippen molar-refractivity contribution in [1.82, 2.24) is 4.90 Å². The van der Waals surface area contributed by atoms with Crippen molar-refractivity contribution in [2.24, 2.45) is 0 Å². The molecule has 0 atom stereocenters. The van der Waals surface area contributed by atoms with Crippen molar-refractivity contribution < 1.29 is 14.3 Å². The molecular weight excluding hydrogens is 316 g/mol. The lowest BCUT2D eigenvalue weighted by molar-refractivity contribution is -0.257. The van der Waals surface area contributed by atoms with Gasteiger partial charge in [0.25, 0.3) is 5.91 Å². The summed E-state index contributed by atoms with van der Waals surface area (Å²) in [5.41, 5.74) is 0.777. The highest BCUT2D eigenvalue weighted by atomic mass is 16.5. The molecule has 0 radical (unpaired) electrons. The lowest BCUT2D eigenvalue weighted by Gasteiger charge is -2.59. The van der Waals surface area contributed by atoms with E-state index in [1.165, 1.54) is 18.9 Å². The number of rotatable bonds is 3. The number of nitrogens with one attached hydrogen (secondary N) is 1. The summed E-state index contributed by atoms with van der Waals surface area (Å²) in [4.78, 5) is 26.9. The number of anilines is 1. The van der Waals surface area contributed by atoms with Crippen LogP contribution < -0.4 is 5.32 Å².